The van der Waals surface area contributed by atoms with E-state index in [0.717, 1.165) is 0 Å². The fraction of sp³-hybridized carbons (Fsp3) is 0.222. The number of rotatable bonds is 2. The maximum Gasteiger partial charge on any atom is 0.135 e. The fourth-order valence-electron chi connectivity index (χ4n) is 0.811. The molecule has 0 aliphatic carbocycles. The van der Waals surface area contributed by atoms with Crippen LogP contribution in [0.4, 0.5) is 0 Å². The molecule has 1 rings (SSSR count). The van der Waals surface area contributed by atoms with Gasteiger partial charge in [-0.3, -0.25) is 4.98 Å². The van der Waals surface area contributed by atoms with E-state index in [1.165, 1.54) is 12.3 Å². The maximum atomic E-state index is 9.06. The lowest BCUT2D eigenvalue weighted by Crippen LogP contribution is -1.78. The molecule has 1 N–H and O–H groups in total. The second kappa shape index (κ2) is 5.46. The number of aromatic hydroxyl groups is 1. The molecule has 1 heterocycles. The van der Waals surface area contributed by atoms with E-state index in [9.17, 15) is 0 Å². The average Bonchev–Trinajstić information content (AvgIpc) is 2.18. The molecule has 14 heavy (non-hydrogen) atoms. The van der Waals surface area contributed by atoms with Crippen LogP contribution in [-0.2, 0) is 0 Å². The van der Waals surface area contributed by atoms with Crippen molar-refractivity contribution in [2.75, 3.05) is 6.54 Å². The van der Waals surface area contributed by atoms with Crippen molar-refractivity contribution in [1.82, 2.24) is 4.98 Å². The third-order valence-corrected chi connectivity index (χ3v) is 1.36. The van der Waals surface area contributed by atoms with E-state index < -0.39 is 0 Å². The lowest BCUT2D eigenvalue weighted by molar-refractivity contribution is 0.472. The van der Waals surface area contributed by atoms with E-state index >= 15 is 0 Å². The highest BCUT2D eigenvalue weighted by atomic mass is 16.3. The van der Waals surface area contributed by atoms with Gasteiger partial charge in [0, 0.05) is 29.6 Å². The summed E-state index contributed by atoms with van der Waals surface area (Å²) in [6.45, 7) is 0.357. The molecule has 0 atom stereocenters. The predicted octanol–water partition coefficient (Wildman–Crippen LogP) is 1.84. The molecule has 0 saturated heterocycles. The SMILES string of the molecule is [N-]=[N+]=NCCC#Cc1cncc(O)c1. The minimum Gasteiger partial charge on any atom is -0.506 e. The summed E-state index contributed by atoms with van der Waals surface area (Å²) in [7, 11) is 0. The summed E-state index contributed by atoms with van der Waals surface area (Å²) in [6.07, 6.45) is 3.39. The van der Waals surface area contributed by atoms with Crippen molar-refractivity contribution in [1.29, 1.82) is 0 Å². The Morgan fingerprint density at radius 2 is 2.43 bits per heavy atom. The Morgan fingerprint density at radius 3 is 3.14 bits per heavy atom. The number of hydrogen-bond acceptors (Lipinski definition) is 3. The Labute approximate surface area is 81.0 Å². The summed E-state index contributed by atoms with van der Waals surface area (Å²) in [6, 6.07) is 1.52. The number of azide groups is 1. The van der Waals surface area contributed by atoms with Crippen molar-refractivity contribution in [2.24, 2.45) is 5.11 Å². The first-order valence-corrected chi connectivity index (χ1v) is 3.96. The Hall–Kier alpha value is -2.18. The van der Waals surface area contributed by atoms with Crippen molar-refractivity contribution in [2.45, 2.75) is 6.42 Å². The molecule has 0 bridgehead atoms. The molecule has 1 aromatic rings. The minimum absolute atomic E-state index is 0.0897. The highest BCUT2D eigenvalue weighted by molar-refractivity contribution is 5.35. The molecule has 5 nitrogen and oxygen atoms in total. The smallest absolute Gasteiger partial charge is 0.135 e. The molecule has 0 amide bonds. The van der Waals surface area contributed by atoms with Crippen molar-refractivity contribution in [3.63, 3.8) is 0 Å². The standard InChI is InChI=1S/C9H8N4O/c10-13-12-4-2-1-3-8-5-9(14)7-11-6-8/h5-7,14H,2,4H2. The normalized spacial score (nSPS) is 8.29. The Kier molecular flexibility index (Phi) is 3.86. The number of pyridine rings is 1. The van der Waals surface area contributed by atoms with Gasteiger partial charge in [-0.1, -0.05) is 17.0 Å². The summed E-state index contributed by atoms with van der Waals surface area (Å²) in [5.74, 6) is 5.68. The van der Waals surface area contributed by atoms with Crippen molar-refractivity contribution in [3.8, 4) is 17.6 Å². The van der Waals surface area contributed by atoms with Gasteiger partial charge in [0.05, 0.1) is 6.20 Å². The monoisotopic (exact) mass is 188 g/mol. The number of hydrogen-bond donors (Lipinski definition) is 1. The largest absolute Gasteiger partial charge is 0.506 e. The highest BCUT2D eigenvalue weighted by Crippen LogP contribution is 2.06. The summed E-state index contributed by atoms with van der Waals surface area (Å²) >= 11 is 0. The van der Waals surface area contributed by atoms with Gasteiger partial charge in [0.15, 0.2) is 0 Å². The predicted molar refractivity (Wildman–Crippen MR) is 51.4 cm³/mol. The Morgan fingerprint density at radius 1 is 1.57 bits per heavy atom. The van der Waals surface area contributed by atoms with E-state index in [1.54, 1.807) is 6.20 Å². The molecular weight excluding hydrogens is 180 g/mol. The topological polar surface area (TPSA) is 81.9 Å². The van der Waals surface area contributed by atoms with Gasteiger partial charge in [-0.05, 0) is 11.6 Å². The number of nitrogens with zero attached hydrogens (tertiary/aromatic N) is 4. The molecular formula is C9H8N4O. The second-order valence-electron chi connectivity index (χ2n) is 2.44. The van der Waals surface area contributed by atoms with Gasteiger partial charge in [-0.2, -0.15) is 0 Å². The van der Waals surface area contributed by atoms with E-state index in [2.05, 4.69) is 26.9 Å². The molecule has 1 aromatic heterocycles. The van der Waals surface area contributed by atoms with Crippen LogP contribution in [0.2, 0.25) is 0 Å². The molecule has 0 aliphatic heterocycles. The zero-order valence-corrected chi connectivity index (χ0v) is 7.38. The van der Waals surface area contributed by atoms with Crippen LogP contribution < -0.4 is 0 Å². The maximum absolute atomic E-state index is 9.06. The zero-order chi connectivity index (χ0) is 10.2. The van der Waals surface area contributed by atoms with E-state index in [4.69, 9.17) is 10.6 Å². The van der Waals surface area contributed by atoms with Gasteiger partial charge in [-0.25, -0.2) is 0 Å². The summed E-state index contributed by atoms with van der Waals surface area (Å²) in [4.78, 5) is 6.36. The van der Waals surface area contributed by atoms with Crippen LogP contribution in [-0.4, -0.2) is 16.6 Å². The van der Waals surface area contributed by atoms with E-state index in [-0.39, 0.29) is 5.75 Å². The van der Waals surface area contributed by atoms with Gasteiger partial charge in [0.25, 0.3) is 0 Å². The molecule has 0 saturated carbocycles. The zero-order valence-electron chi connectivity index (χ0n) is 7.38. The van der Waals surface area contributed by atoms with Crippen LogP contribution in [0.15, 0.2) is 23.6 Å². The van der Waals surface area contributed by atoms with Crippen molar-refractivity contribution in [3.05, 3.63) is 34.5 Å². The molecule has 0 unspecified atom stereocenters. The first-order valence-electron chi connectivity index (χ1n) is 3.96. The van der Waals surface area contributed by atoms with E-state index in [0.29, 0.717) is 18.5 Å². The van der Waals surface area contributed by atoms with Gasteiger partial charge >= 0.3 is 0 Å². The molecule has 0 fully saturated rings. The summed E-state index contributed by atoms with van der Waals surface area (Å²) in [5, 5.41) is 12.4. The van der Waals surface area contributed by atoms with Crippen LogP contribution in [0.5, 0.6) is 5.75 Å². The third-order valence-electron chi connectivity index (χ3n) is 1.36. The third kappa shape index (κ3) is 3.48. The fourth-order valence-corrected chi connectivity index (χ4v) is 0.811. The highest BCUT2D eigenvalue weighted by Gasteiger charge is 1.88. The molecule has 0 aliphatic rings. The lowest BCUT2D eigenvalue weighted by atomic mass is 10.2. The van der Waals surface area contributed by atoms with Gasteiger partial charge in [-0.15, -0.1) is 0 Å². The lowest BCUT2D eigenvalue weighted by Gasteiger charge is -1.90. The molecule has 70 valence electrons. The van der Waals surface area contributed by atoms with Crippen molar-refractivity contribution >= 4 is 0 Å². The first-order chi connectivity index (χ1) is 6.83. The Balaban J connectivity index is 2.54. The average molecular weight is 188 g/mol. The van der Waals surface area contributed by atoms with Crippen LogP contribution in [0.3, 0.4) is 0 Å². The molecule has 0 aromatic carbocycles. The Bertz CT molecular complexity index is 412. The quantitative estimate of drug-likeness (QED) is 0.252. The summed E-state index contributed by atoms with van der Waals surface area (Å²) in [5.41, 5.74) is 8.63. The van der Waals surface area contributed by atoms with Crippen LogP contribution >= 0.6 is 0 Å². The van der Waals surface area contributed by atoms with Crippen LogP contribution in [0.1, 0.15) is 12.0 Å². The van der Waals surface area contributed by atoms with Crippen LogP contribution in [0, 0.1) is 11.8 Å². The van der Waals surface area contributed by atoms with E-state index in [1.807, 2.05) is 0 Å². The van der Waals surface area contributed by atoms with Crippen LogP contribution in [0.25, 0.3) is 10.4 Å². The van der Waals surface area contributed by atoms with Gasteiger partial charge in [0.1, 0.15) is 5.75 Å². The minimum atomic E-state index is 0.0897. The van der Waals surface area contributed by atoms with Gasteiger partial charge < -0.3 is 5.11 Å². The second-order valence-corrected chi connectivity index (χ2v) is 2.44. The summed E-state index contributed by atoms with van der Waals surface area (Å²) < 4.78 is 0. The molecule has 0 radical (unpaired) electrons. The number of aromatic nitrogens is 1. The molecule has 5 heteroatoms. The van der Waals surface area contributed by atoms with Gasteiger partial charge in [0.2, 0.25) is 0 Å². The first kappa shape index (κ1) is 9.90. The molecule has 0 spiro atoms. The van der Waals surface area contributed by atoms with Crippen molar-refractivity contribution < 1.29 is 5.11 Å².